The van der Waals surface area contributed by atoms with E-state index >= 15 is 0 Å². The van der Waals surface area contributed by atoms with Crippen LogP contribution < -0.4 is 9.47 Å². The van der Waals surface area contributed by atoms with Gasteiger partial charge in [-0.05, 0) is 48.2 Å². The van der Waals surface area contributed by atoms with Crippen LogP contribution in [0.5, 0.6) is 11.5 Å². The molecule has 178 valence electrons. The summed E-state index contributed by atoms with van der Waals surface area (Å²) in [7, 11) is 0. The zero-order valence-electron chi connectivity index (χ0n) is 20.4. The Kier molecular flexibility index (Phi) is 5.67. The molecule has 1 unspecified atom stereocenters. The van der Waals surface area contributed by atoms with Gasteiger partial charge in [0.1, 0.15) is 18.2 Å². The van der Waals surface area contributed by atoms with Gasteiger partial charge in [0.15, 0.2) is 5.76 Å². The standard InChI is InChI=1S/C32H27NO3/c1-21-31-27(19-33(20-35-31)22(2)24-9-5-3-6-10-24)18-28-30(34)29(36-32(21)28)17-23-13-15-26(16-14-23)25-11-7-4-8-12-25/h3-18,22H,19-20H2,1-2H3/b29-17-. The highest BCUT2D eigenvalue weighted by Crippen LogP contribution is 2.44. The lowest BCUT2D eigenvalue weighted by molar-refractivity contribution is 0.0609. The summed E-state index contributed by atoms with van der Waals surface area (Å²) in [4.78, 5) is 15.6. The second-order valence-corrected chi connectivity index (χ2v) is 9.40. The minimum absolute atomic E-state index is 0.0868. The normalized spacial score (nSPS) is 16.7. The molecule has 0 amide bonds. The number of ether oxygens (including phenoxy) is 2. The third-order valence-corrected chi connectivity index (χ3v) is 7.11. The molecule has 0 N–H and O–H groups in total. The first-order valence-corrected chi connectivity index (χ1v) is 12.3. The molecule has 1 atom stereocenters. The van der Waals surface area contributed by atoms with Crippen molar-refractivity contribution in [2.24, 2.45) is 0 Å². The van der Waals surface area contributed by atoms with Gasteiger partial charge in [-0.2, -0.15) is 0 Å². The summed E-state index contributed by atoms with van der Waals surface area (Å²) in [6.45, 7) is 5.36. The quantitative estimate of drug-likeness (QED) is 0.294. The van der Waals surface area contributed by atoms with E-state index in [4.69, 9.17) is 9.47 Å². The molecule has 0 saturated heterocycles. The summed E-state index contributed by atoms with van der Waals surface area (Å²) in [5.74, 6) is 1.69. The Morgan fingerprint density at radius 1 is 0.861 bits per heavy atom. The van der Waals surface area contributed by atoms with Crippen LogP contribution in [0.25, 0.3) is 17.2 Å². The average Bonchev–Trinajstić information content (AvgIpc) is 3.24. The van der Waals surface area contributed by atoms with Crippen LogP contribution >= 0.6 is 0 Å². The molecule has 2 heterocycles. The Morgan fingerprint density at radius 3 is 2.25 bits per heavy atom. The molecule has 0 bridgehead atoms. The van der Waals surface area contributed by atoms with E-state index in [0.717, 1.165) is 33.6 Å². The van der Waals surface area contributed by atoms with Crippen LogP contribution in [0, 0.1) is 6.92 Å². The topological polar surface area (TPSA) is 38.8 Å². The van der Waals surface area contributed by atoms with Crippen molar-refractivity contribution in [3.8, 4) is 22.6 Å². The monoisotopic (exact) mass is 473 g/mol. The predicted molar refractivity (Wildman–Crippen MR) is 142 cm³/mol. The number of ketones is 1. The molecular weight excluding hydrogens is 446 g/mol. The van der Waals surface area contributed by atoms with Gasteiger partial charge in [0.2, 0.25) is 5.78 Å². The number of hydrogen-bond acceptors (Lipinski definition) is 4. The van der Waals surface area contributed by atoms with Crippen LogP contribution in [0.2, 0.25) is 0 Å². The van der Waals surface area contributed by atoms with Crippen LogP contribution in [0.1, 0.15) is 45.6 Å². The van der Waals surface area contributed by atoms with Crippen molar-refractivity contribution < 1.29 is 14.3 Å². The molecule has 0 aliphatic carbocycles. The highest BCUT2D eigenvalue weighted by Gasteiger charge is 2.34. The Morgan fingerprint density at radius 2 is 1.53 bits per heavy atom. The first-order chi connectivity index (χ1) is 17.6. The van der Waals surface area contributed by atoms with Gasteiger partial charge in [0.05, 0.1) is 5.56 Å². The highest BCUT2D eigenvalue weighted by atomic mass is 16.5. The second-order valence-electron chi connectivity index (χ2n) is 9.40. The first kappa shape index (κ1) is 22.3. The van der Waals surface area contributed by atoms with E-state index in [9.17, 15) is 4.79 Å². The summed E-state index contributed by atoms with van der Waals surface area (Å²) >= 11 is 0. The van der Waals surface area contributed by atoms with E-state index in [-0.39, 0.29) is 11.8 Å². The minimum atomic E-state index is -0.0868. The minimum Gasteiger partial charge on any atom is -0.477 e. The fourth-order valence-corrected chi connectivity index (χ4v) is 5.01. The van der Waals surface area contributed by atoms with Crippen molar-refractivity contribution in [1.82, 2.24) is 4.90 Å². The van der Waals surface area contributed by atoms with Gasteiger partial charge in [0.25, 0.3) is 0 Å². The molecule has 2 aliphatic rings. The Balaban J connectivity index is 1.25. The molecule has 36 heavy (non-hydrogen) atoms. The molecular formula is C32H27NO3. The van der Waals surface area contributed by atoms with Crippen molar-refractivity contribution in [1.29, 1.82) is 0 Å². The number of benzene rings is 4. The molecule has 4 aromatic carbocycles. The number of carbonyl (C=O) groups is 1. The zero-order chi connectivity index (χ0) is 24.6. The van der Waals surface area contributed by atoms with Gasteiger partial charge in [-0.3, -0.25) is 9.69 Å². The van der Waals surface area contributed by atoms with Crippen molar-refractivity contribution in [3.63, 3.8) is 0 Å². The maximum atomic E-state index is 13.3. The van der Waals surface area contributed by atoms with Gasteiger partial charge in [0, 0.05) is 23.7 Å². The summed E-state index contributed by atoms with van der Waals surface area (Å²) in [6.07, 6.45) is 1.82. The van der Waals surface area contributed by atoms with Crippen LogP contribution in [-0.2, 0) is 6.54 Å². The largest absolute Gasteiger partial charge is 0.477 e. The molecule has 4 heteroatoms. The lowest BCUT2D eigenvalue weighted by Crippen LogP contribution is -2.34. The number of rotatable bonds is 4. The maximum Gasteiger partial charge on any atom is 0.231 e. The van der Waals surface area contributed by atoms with Crippen molar-refractivity contribution >= 4 is 11.9 Å². The number of nitrogens with zero attached hydrogens (tertiary/aromatic N) is 1. The maximum absolute atomic E-state index is 13.3. The Hall–Kier alpha value is -4.15. The van der Waals surface area contributed by atoms with Gasteiger partial charge in [-0.25, -0.2) is 0 Å². The van der Waals surface area contributed by atoms with E-state index in [1.807, 2.05) is 55.5 Å². The van der Waals surface area contributed by atoms with E-state index in [0.29, 0.717) is 30.3 Å². The van der Waals surface area contributed by atoms with Gasteiger partial charge >= 0.3 is 0 Å². The van der Waals surface area contributed by atoms with Gasteiger partial charge in [-0.1, -0.05) is 84.9 Å². The molecule has 6 rings (SSSR count). The number of allylic oxidation sites excluding steroid dienone is 1. The lowest BCUT2D eigenvalue weighted by Gasteiger charge is -2.34. The van der Waals surface area contributed by atoms with Crippen LogP contribution in [0.15, 0.2) is 96.8 Å². The molecule has 0 saturated carbocycles. The summed E-state index contributed by atoms with van der Waals surface area (Å²) in [6, 6.07) is 30.9. The van der Waals surface area contributed by atoms with E-state index in [1.165, 1.54) is 5.56 Å². The molecule has 0 radical (unpaired) electrons. The van der Waals surface area contributed by atoms with Crippen molar-refractivity contribution in [2.75, 3.05) is 6.73 Å². The van der Waals surface area contributed by atoms with Crippen molar-refractivity contribution in [2.45, 2.75) is 26.4 Å². The zero-order valence-corrected chi connectivity index (χ0v) is 20.4. The molecule has 0 aromatic heterocycles. The third kappa shape index (κ3) is 4.00. The smallest absolute Gasteiger partial charge is 0.231 e. The van der Waals surface area contributed by atoms with Gasteiger partial charge < -0.3 is 9.47 Å². The van der Waals surface area contributed by atoms with Crippen LogP contribution in [-0.4, -0.2) is 17.4 Å². The third-order valence-electron chi connectivity index (χ3n) is 7.11. The average molecular weight is 474 g/mol. The molecule has 2 aliphatic heterocycles. The Bertz CT molecular complexity index is 1460. The van der Waals surface area contributed by atoms with Crippen LogP contribution in [0.4, 0.5) is 0 Å². The Labute approximate surface area is 211 Å². The number of carbonyl (C=O) groups excluding carboxylic acids is 1. The summed E-state index contributed by atoms with van der Waals surface area (Å²) in [5.41, 5.74) is 6.97. The first-order valence-electron chi connectivity index (χ1n) is 12.3. The predicted octanol–water partition coefficient (Wildman–Crippen LogP) is 7.19. The number of fused-ring (bicyclic) bond motifs is 2. The lowest BCUT2D eigenvalue weighted by atomic mass is 9.98. The fraction of sp³-hybridized carbons (Fsp3) is 0.156. The van der Waals surface area contributed by atoms with E-state index in [1.54, 1.807) is 0 Å². The second kappa shape index (κ2) is 9.14. The van der Waals surface area contributed by atoms with E-state index in [2.05, 4.69) is 60.4 Å². The molecule has 4 aromatic rings. The summed E-state index contributed by atoms with van der Waals surface area (Å²) in [5, 5.41) is 0. The molecule has 0 fully saturated rings. The van der Waals surface area contributed by atoms with Crippen molar-refractivity contribution in [3.05, 3.63) is 125 Å². The number of hydrogen-bond donors (Lipinski definition) is 0. The van der Waals surface area contributed by atoms with Gasteiger partial charge in [-0.15, -0.1) is 0 Å². The number of Topliss-reactive ketones (excluding diaryl/α,β-unsaturated/α-hetero) is 1. The van der Waals surface area contributed by atoms with E-state index < -0.39 is 0 Å². The molecule has 4 nitrogen and oxygen atoms in total. The highest BCUT2D eigenvalue weighted by molar-refractivity contribution is 6.15. The fourth-order valence-electron chi connectivity index (χ4n) is 5.01. The summed E-state index contributed by atoms with van der Waals surface area (Å²) < 4.78 is 12.3. The molecule has 0 spiro atoms. The van der Waals surface area contributed by atoms with Crippen LogP contribution in [0.3, 0.4) is 0 Å². The SMILES string of the molecule is Cc1c2c(cc3c1O/C(=C\c1ccc(-c4ccccc4)cc1)C3=O)CN(C(C)c1ccccc1)CO2.